The molecule has 1 aliphatic rings. The van der Waals surface area contributed by atoms with Crippen LogP contribution in [0.4, 0.5) is 0 Å². The Labute approximate surface area is 173 Å². The minimum atomic E-state index is -3.24. The van der Waals surface area contributed by atoms with Crippen LogP contribution in [0.15, 0.2) is 21.5 Å². The van der Waals surface area contributed by atoms with Crippen LogP contribution >= 0.6 is 24.0 Å². The van der Waals surface area contributed by atoms with E-state index in [4.69, 9.17) is 9.15 Å². The average Bonchev–Trinajstić information content (AvgIpc) is 2.99. The predicted octanol–water partition coefficient (Wildman–Crippen LogP) is 2.42. The summed E-state index contributed by atoms with van der Waals surface area (Å²) < 4.78 is 34.8. The molecule has 2 N–H and O–H groups in total. The fourth-order valence-electron chi connectivity index (χ4n) is 2.90. The van der Waals surface area contributed by atoms with Crippen LogP contribution in [0.5, 0.6) is 0 Å². The number of hydrogen-bond donors (Lipinski definition) is 2. The van der Waals surface area contributed by atoms with E-state index < -0.39 is 14.6 Å². The summed E-state index contributed by atoms with van der Waals surface area (Å²) in [4.78, 5) is 4.57. The van der Waals surface area contributed by atoms with E-state index in [0.717, 1.165) is 11.5 Å². The zero-order valence-corrected chi connectivity index (χ0v) is 19.0. The van der Waals surface area contributed by atoms with Gasteiger partial charge < -0.3 is 19.8 Å². The number of ether oxygens (including phenoxy) is 1. The van der Waals surface area contributed by atoms with Crippen LogP contribution in [0, 0.1) is 6.92 Å². The molecule has 2 heterocycles. The average molecular weight is 499 g/mol. The second-order valence-corrected chi connectivity index (χ2v) is 8.99. The maximum absolute atomic E-state index is 12.3. The molecule has 1 aliphatic heterocycles. The maximum Gasteiger partial charge on any atom is 0.191 e. The SMILES string of the molecule is CCNC(=NCC1(S(C)(=O)=O)CCOCC1)NC(C)c1ccc(C)o1.I. The second-order valence-electron chi connectivity index (χ2n) is 6.58. The van der Waals surface area contributed by atoms with Gasteiger partial charge in [0.05, 0.1) is 17.3 Å². The highest BCUT2D eigenvalue weighted by molar-refractivity contribution is 14.0. The Kier molecular flexibility index (Phi) is 8.87. The molecule has 2 rings (SSSR count). The summed E-state index contributed by atoms with van der Waals surface area (Å²) >= 11 is 0. The first-order valence-corrected chi connectivity index (χ1v) is 10.5. The van der Waals surface area contributed by atoms with Gasteiger partial charge in [0.15, 0.2) is 15.8 Å². The van der Waals surface area contributed by atoms with Gasteiger partial charge >= 0.3 is 0 Å². The van der Waals surface area contributed by atoms with Crippen molar-refractivity contribution in [1.82, 2.24) is 10.6 Å². The maximum atomic E-state index is 12.3. The summed E-state index contributed by atoms with van der Waals surface area (Å²) in [7, 11) is -3.24. The highest BCUT2D eigenvalue weighted by Gasteiger charge is 2.42. The Bertz CT molecular complexity index is 697. The molecule has 0 bridgehead atoms. The van der Waals surface area contributed by atoms with Crippen LogP contribution in [-0.4, -0.2) is 51.7 Å². The van der Waals surface area contributed by atoms with Gasteiger partial charge in [-0.25, -0.2) is 8.42 Å². The highest BCUT2D eigenvalue weighted by Crippen LogP contribution is 2.29. The Morgan fingerprint density at radius 3 is 2.50 bits per heavy atom. The minimum Gasteiger partial charge on any atom is -0.464 e. The topological polar surface area (TPSA) is 92.9 Å². The van der Waals surface area contributed by atoms with E-state index in [2.05, 4.69) is 15.6 Å². The van der Waals surface area contributed by atoms with Crippen molar-refractivity contribution in [3.05, 3.63) is 23.7 Å². The summed E-state index contributed by atoms with van der Waals surface area (Å²) in [6, 6.07) is 3.76. The molecule has 1 fully saturated rings. The lowest BCUT2D eigenvalue weighted by atomic mass is 9.99. The van der Waals surface area contributed by atoms with E-state index in [1.54, 1.807) is 0 Å². The number of sulfone groups is 1. The molecule has 0 saturated carbocycles. The number of aliphatic imine (C=N–C) groups is 1. The number of halogens is 1. The number of guanidine groups is 1. The lowest BCUT2D eigenvalue weighted by Crippen LogP contribution is -2.47. The van der Waals surface area contributed by atoms with Crippen LogP contribution in [0.3, 0.4) is 0 Å². The molecule has 150 valence electrons. The standard InChI is InChI=1S/C17H29N3O4S.HI/c1-5-18-16(20-14(3)15-7-6-13(2)24-15)19-12-17(25(4,21)22)8-10-23-11-9-17;/h6-7,14H,5,8-12H2,1-4H3,(H2,18,19,20);1H. The van der Waals surface area contributed by atoms with Gasteiger partial charge in [0.25, 0.3) is 0 Å². The van der Waals surface area contributed by atoms with Crippen LogP contribution in [0.2, 0.25) is 0 Å². The Hall–Kier alpha value is -0.810. The minimum absolute atomic E-state index is 0. The summed E-state index contributed by atoms with van der Waals surface area (Å²) in [5.41, 5.74) is 0. The van der Waals surface area contributed by atoms with E-state index in [0.29, 0.717) is 38.6 Å². The Morgan fingerprint density at radius 1 is 1.35 bits per heavy atom. The number of furan rings is 1. The van der Waals surface area contributed by atoms with Crippen molar-refractivity contribution in [2.75, 3.05) is 32.6 Å². The van der Waals surface area contributed by atoms with Crippen LogP contribution in [0.25, 0.3) is 0 Å². The molecule has 7 nitrogen and oxygen atoms in total. The van der Waals surface area contributed by atoms with Gasteiger partial charge in [0.2, 0.25) is 0 Å². The first-order chi connectivity index (χ1) is 11.8. The molecule has 0 aliphatic carbocycles. The second kappa shape index (κ2) is 9.93. The third-order valence-electron chi connectivity index (χ3n) is 4.60. The van der Waals surface area contributed by atoms with Crippen LogP contribution < -0.4 is 10.6 Å². The van der Waals surface area contributed by atoms with E-state index in [1.165, 1.54) is 6.26 Å². The number of rotatable bonds is 6. The number of hydrogen-bond acceptors (Lipinski definition) is 5. The van der Waals surface area contributed by atoms with Crippen molar-refractivity contribution in [2.24, 2.45) is 4.99 Å². The fraction of sp³-hybridized carbons (Fsp3) is 0.706. The molecule has 26 heavy (non-hydrogen) atoms. The van der Waals surface area contributed by atoms with Gasteiger partial charge in [-0.15, -0.1) is 24.0 Å². The van der Waals surface area contributed by atoms with Crippen LogP contribution in [0.1, 0.15) is 44.3 Å². The molecule has 9 heteroatoms. The molecular weight excluding hydrogens is 469 g/mol. The van der Waals surface area contributed by atoms with Crippen molar-refractivity contribution >= 4 is 39.8 Å². The van der Waals surface area contributed by atoms with Gasteiger partial charge in [-0.05, 0) is 45.7 Å². The highest BCUT2D eigenvalue weighted by atomic mass is 127. The molecular formula is C17H30IN3O4S. The molecule has 0 radical (unpaired) electrons. The Balaban J connectivity index is 0.00000338. The first-order valence-electron chi connectivity index (χ1n) is 8.66. The molecule has 0 spiro atoms. The largest absolute Gasteiger partial charge is 0.464 e. The van der Waals surface area contributed by atoms with Crippen molar-refractivity contribution in [3.8, 4) is 0 Å². The van der Waals surface area contributed by atoms with Crippen molar-refractivity contribution in [1.29, 1.82) is 0 Å². The molecule has 1 unspecified atom stereocenters. The first kappa shape index (κ1) is 23.2. The summed E-state index contributed by atoms with van der Waals surface area (Å²) in [5.74, 6) is 2.24. The Morgan fingerprint density at radius 2 is 2.00 bits per heavy atom. The predicted molar refractivity (Wildman–Crippen MR) is 114 cm³/mol. The van der Waals surface area contributed by atoms with E-state index >= 15 is 0 Å². The number of nitrogens with one attached hydrogen (secondary N) is 2. The lowest BCUT2D eigenvalue weighted by molar-refractivity contribution is 0.0768. The van der Waals surface area contributed by atoms with Gasteiger partial charge in [-0.1, -0.05) is 0 Å². The molecule has 0 amide bonds. The fourth-order valence-corrected chi connectivity index (χ4v) is 4.10. The third-order valence-corrected chi connectivity index (χ3v) is 6.71. The van der Waals surface area contributed by atoms with Gasteiger partial charge in [0, 0.05) is 26.0 Å². The van der Waals surface area contributed by atoms with Gasteiger partial charge in [0.1, 0.15) is 11.5 Å². The number of aryl methyl sites for hydroxylation is 1. The third kappa shape index (κ3) is 5.85. The zero-order chi connectivity index (χ0) is 18.5. The van der Waals surface area contributed by atoms with E-state index in [1.807, 2.05) is 32.9 Å². The number of nitrogens with zero attached hydrogens (tertiary/aromatic N) is 1. The monoisotopic (exact) mass is 499 g/mol. The normalized spacial score (nSPS) is 18.7. The van der Waals surface area contributed by atoms with Crippen LogP contribution in [-0.2, 0) is 14.6 Å². The molecule has 1 aromatic rings. The van der Waals surface area contributed by atoms with Crippen molar-refractivity contribution < 1.29 is 17.6 Å². The zero-order valence-electron chi connectivity index (χ0n) is 15.9. The van der Waals surface area contributed by atoms with Gasteiger partial charge in [-0.2, -0.15) is 0 Å². The lowest BCUT2D eigenvalue weighted by Gasteiger charge is -2.34. The molecule has 1 saturated heterocycles. The van der Waals surface area contributed by atoms with Gasteiger partial charge in [-0.3, -0.25) is 4.99 Å². The molecule has 1 atom stereocenters. The molecule has 1 aromatic heterocycles. The smallest absolute Gasteiger partial charge is 0.191 e. The summed E-state index contributed by atoms with van der Waals surface area (Å²) in [6.45, 7) is 7.66. The van der Waals surface area contributed by atoms with Crippen molar-refractivity contribution in [3.63, 3.8) is 0 Å². The quantitative estimate of drug-likeness (QED) is 0.355. The summed E-state index contributed by atoms with van der Waals surface area (Å²) in [6.07, 6.45) is 2.24. The summed E-state index contributed by atoms with van der Waals surface area (Å²) in [5, 5.41) is 6.44. The van der Waals surface area contributed by atoms with Crippen molar-refractivity contribution in [2.45, 2.75) is 44.4 Å². The van der Waals surface area contributed by atoms with E-state index in [-0.39, 0.29) is 36.6 Å². The molecule has 0 aromatic carbocycles. The van der Waals surface area contributed by atoms with E-state index in [9.17, 15) is 8.42 Å².